The third kappa shape index (κ3) is 2.77. The number of hydrogen-bond acceptors (Lipinski definition) is 5. The van der Waals surface area contributed by atoms with Crippen LogP contribution in [0.2, 0.25) is 0 Å². The molecular formula is C14H12BrN5O2. The van der Waals surface area contributed by atoms with Crippen molar-refractivity contribution >= 4 is 27.9 Å². The topological polar surface area (TPSA) is 85.8 Å². The first-order valence-corrected chi connectivity index (χ1v) is 7.24. The van der Waals surface area contributed by atoms with E-state index < -0.39 is 0 Å². The molecule has 0 atom stereocenters. The van der Waals surface area contributed by atoms with Crippen LogP contribution in [0.3, 0.4) is 0 Å². The van der Waals surface area contributed by atoms with Crippen LogP contribution in [0.4, 0.5) is 6.01 Å². The maximum absolute atomic E-state index is 12.2. The summed E-state index contributed by atoms with van der Waals surface area (Å²) in [4.78, 5) is 12.2. The molecule has 0 saturated heterocycles. The standard InChI is InChI=1S/C14H12BrN5O2/c1-8-7-11(20(2)19-8)13-17-18-14(22-13)16-12(21)9-5-3-4-6-10(9)15/h3-7H,1-2H3,(H,16,18,21). The molecule has 0 unspecified atom stereocenters. The SMILES string of the molecule is Cc1cc(-c2nnc(NC(=O)c3ccccc3Br)o2)n(C)n1. The molecule has 0 aliphatic rings. The van der Waals surface area contributed by atoms with E-state index in [4.69, 9.17) is 4.42 Å². The fourth-order valence-electron chi connectivity index (χ4n) is 2.00. The van der Waals surface area contributed by atoms with Crippen LogP contribution < -0.4 is 5.32 Å². The van der Waals surface area contributed by atoms with Crippen LogP contribution in [-0.2, 0) is 7.05 Å². The van der Waals surface area contributed by atoms with Gasteiger partial charge in [-0.3, -0.25) is 14.8 Å². The molecule has 2 heterocycles. The number of rotatable bonds is 3. The highest BCUT2D eigenvalue weighted by Crippen LogP contribution is 2.21. The second-order valence-corrected chi connectivity index (χ2v) is 5.50. The molecule has 1 amide bonds. The highest BCUT2D eigenvalue weighted by atomic mass is 79.9. The number of carbonyl (C=O) groups is 1. The molecule has 3 aromatic rings. The summed E-state index contributed by atoms with van der Waals surface area (Å²) in [6.07, 6.45) is 0. The van der Waals surface area contributed by atoms with Gasteiger partial charge in [0.2, 0.25) is 0 Å². The molecule has 0 aliphatic heterocycles. The number of aromatic nitrogens is 4. The zero-order valence-corrected chi connectivity index (χ0v) is 13.5. The lowest BCUT2D eigenvalue weighted by molar-refractivity contribution is 0.102. The summed E-state index contributed by atoms with van der Waals surface area (Å²) in [5, 5.41) is 14.5. The number of amides is 1. The molecular weight excluding hydrogens is 350 g/mol. The average Bonchev–Trinajstić information content (AvgIpc) is 3.05. The summed E-state index contributed by atoms with van der Waals surface area (Å²) < 4.78 is 7.80. The molecule has 0 bridgehead atoms. The molecule has 22 heavy (non-hydrogen) atoms. The zero-order chi connectivity index (χ0) is 15.7. The third-order valence-corrected chi connectivity index (χ3v) is 3.68. The fourth-order valence-corrected chi connectivity index (χ4v) is 2.46. The summed E-state index contributed by atoms with van der Waals surface area (Å²) in [7, 11) is 1.78. The van der Waals surface area contributed by atoms with Crippen molar-refractivity contribution in [1.29, 1.82) is 0 Å². The van der Waals surface area contributed by atoms with Crippen LogP contribution in [0.15, 0.2) is 39.2 Å². The molecule has 2 aromatic heterocycles. The predicted octanol–water partition coefficient (Wildman–Crippen LogP) is 2.79. The number of halogens is 1. The summed E-state index contributed by atoms with van der Waals surface area (Å²) in [5.74, 6) is -0.0330. The summed E-state index contributed by atoms with van der Waals surface area (Å²) >= 11 is 3.33. The first-order chi connectivity index (χ1) is 10.5. The highest BCUT2D eigenvalue weighted by Gasteiger charge is 2.16. The van der Waals surface area contributed by atoms with Crippen LogP contribution in [-0.4, -0.2) is 25.9 Å². The van der Waals surface area contributed by atoms with Gasteiger partial charge in [-0.15, -0.1) is 5.10 Å². The monoisotopic (exact) mass is 361 g/mol. The summed E-state index contributed by atoms with van der Waals surface area (Å²) in [6, 6.07) is 8.95. The Morgan fingerprint density at radius 2 is 2.09 bits per heavy atom. The molecule has 3 rings (SSSR count). The molecule has 0 fully saturated rings. The minimum absolute atomic E-state index is 0.0367. The van der Waals surface area contributed by atoms with Crippen LogP contribution in [0.25, 0.3) is 11.6 Å². The molecule has 0 radical (unpaired) electrons. The number of carbonyl (C=O) groups excluding carboxylic acids is 1. The van der Waals surface area contributed by atoms with Crippen LogP contribution >= 0.6 is 15.9 Å². The number of nitrogens with zero attached hydrogens (tertiary/aromatic N) is 4. The second-order valence-electron chi connectivity index (χ2n) is 4.64. The largest absolute Gasteiger partial charge is 0.401 e. The van der Waals surface area contributed by atoms with E-state index in [1.54, 1.807) is 29.9 Å². The van der Waals surface area contributed by atoms with Crippen LogP contribution in [0.1, 0.15) is 16.1 Å². The zero-order valence-electron chi connectivity index (χ0n) is 11.9. The Morgan fingerprint density at radius 3 is 2.77 bits per heavy atom. The van der Waals surface area contributed by atoms with E-state index in [2.05, 4.69) is 36.5 Å². The molecule has 8 heteroatoms. The highest BCUT2D eigenvalue weighted by molar-refractivity contribution is 9.10. The first-order valence-electron chi connectivity index (χ1n) is 6.45. The quantitative estimate of drug-likeness (QED) is 0.774. The van der Waals surface area contributed by atoms with Gasteiger partial charge in [0.1, 0.15) is 5.69 Å². The van der Waals surface area contributed by atoms with Crippen molar-refractivity contribution < 1.29 is 9.21 Å². The Morgan fingerprint density at radius 1 is 1.32 bits per heavy atom. The second kappa shape index (κ2) is 5.72. The van der Waals surface area contributed by atoms with E-state index in [1.165, 1.54) is 0 Å². The predicted molar refractivity (Wildman–Crippen MR) is 83.3 cm³/mol. The van der Waals surface area contributed by atoms with Gasteiger partial charge in [-0.2, -0.15) is 5.10 Å². The molecule has 0 spiro atoms. The van der Waals surface area contributed by atoms with Crippen LogP contribution in [0, 0.1) is 6.92 Å². The Kier molecular flexibility index (Phi) is 3.76. The summed E-state index contributed by atoms with van der Waals surface area (Å²) in [5.41, 5.74) is 2.01. The molecule has 112 valence electrons. The van der Waals surface area contributed by atoms with Crippen molar-refractivity contribution in [3.63, 3.8) is 0 Å². The van der Waals surface area contributed by atoms with Gasteiger partial charge >= 0.3 is 6.01 Å². The van der Waals surface area contributed by atoms with E-state index >= 15 is 0 Å². The maximum atomic E-state index is 12.2. The molecule has 1 aromatic carbocycles. The van der Waals surface area contributed by atoms with Gasteiger partial charge in [-0.05, 0) is 41.1 Å². The molecule has 0 aliphatic carbocycles. The first kappa shape index (κ1) is 14.5. The fraction of sp³-hybridized carbons (Fsp3) is 0.143. The van der Waals surface area contributed by atoms with Gasteiger partial charge in [-0.25, -0.2) is 0 Å². The normalized spacial score (nSPS) is 10.7. The van der Waals surface area contributed by atoms with Gasteiger partial charge in [-0.1, -0.05) is 17.2 Å². The van der Waals surface area contributed by atoms with E-state index in [9.17, 15) is 4.79 Å². The Balaban J connectivity index is 1.82. The summed E-state index contributed by atoms with van der Waals surface area (Å²) in [6.45, 7) is 1.87. The van der Waals surface area contributed by atoms with E-state index in [-0.39, 0.29) is 11.9 Å². The Bertz CT molecular complexity index is 839. The van der Waals surface area contributed by atoms with Gasteiger partial charge < -0.3 is 4.42 Å². The van der Waals surface area contributed by atoms with Gasteiger partial charge in [0, 0.05) is 11.5 Å². The number of anilines is 1. The van der Waals surface area contributed by atoms with Crippen molar-refractivity contribution in [2.75, 3.05) is 5.32 Å². The minimum atomic E-state index is -0.330. The molecule has 1 N–H and O–H groups in total. The maximum Gasteiger partial charge on any atom is 0.322 e. The van der Waals surface area contributed by atoms with Crippen molar-refractivity contribution in [3.8, 4) is 11.6 Å². The van der Waals surface area contributed by atoms with Crippen molar-refractivity contribution in [1.82, 2.24) is 20.0 Å². The van der Waals surface area contributed by atoms with Gasteiger partial charge in [0.05, 0.1) is 11.3 Å². The Hall–Kier alpha value is -2.48. The number of benzene rings is 1. The van der Waals surface area contributed by atoms with E-state index in [0.717, 1.165) is 5.69 Å². The van der Waals surface area contributed by atoms with Gasteiger partial charge in [0.25, 0.3) is 11.8 Å². The smallest absolute Gasteiger partial charge is 0.322 e. The molecule has 0 saturated carbocycles. The van der Waals surface area contributed by atoms with Crippen molar-refractivity contribution in [2.45, 2.75) is 6.92 Å². The Labute approximate surface area is 134 Å². The average molecular weight is 362 g/mol. The lowest BCUT2D eigenvalue weighted by Gasteiger charge is -2.02. The third-order valence-electron chi connectivity index (χ3n) is 2.99. The lowest BCUT2D eigenvalue weighted by atomic mass is 10.2. The number of aryl methyl sites for hydroxylation is 2. The lowest BCUT2D eigenvalue weighted by Crippen LogP contribution is -2.12. The van der Waals surface area contributed by atoms with Crippen molar-refractivity contribution in [3.05, 3.63) is 46.1 Å². The minimum Gasteiger partial charge on any atom is -0.401 e. The molecule has 7 nitrogen and oxygen atoms in total. The van der Waals surface area contributed by atoms with E-state index in [1.807, 2.05) is 19.1 Å². The van der Waals surface area contributed by atoms with Crippen molar-refractivity contribution in [2.24, 2.45) is 7.05 Å². The van der Waals surface area contributed by atoms with E-state index in [0.29, 0.717) is 21.6 Å². The van der Waals surface area contributed by atoms with Crippen LogP contribution in [0.5, 0.6) is 0 Å². The number of hydrogen-bond donors (Lipinski definition) is 1. The van der Waals surface area contributed by atoms with Gasteiger partial charge in [0.15, 0.2) is 0 Å². The number of nitrogens with one attached hydrogen (secondary N) is 1.